The Kier molecular flexibility index (Phi) is 5.69. The van der Waals surface area contributed by atoms with Crippen LogP contribution in [0, 0.1) is 6.92 Å². The minimum atomic E-state index is -0.0660. The van der Waals surface area contributed by atoms with Crippen LogP contribution in [0.15, 0.2) is 67.0 Å². The lowest BCUT2D eigenvalue weighted by Crippen LogP contribution is -2.37. The molecule has 2 amide bonds. The first kappa shape index (κ1) is 17.7. The maximum atomic E-state index is 12.3. The van der Waals surface area contributed by atoms with Gasteiger partial charge in [0.2, 0.25) is 0 Å². The molecule has 0 radical (unpaired) electrons. The van der Waals surface area contributed by atoms with E-state index in [0.717, 1.165) is 23.2 Å². The van der Waals surface area contributed by atoms with Crippen molar-refractivity contribution in [2.24, 2.45) is 0 Å². The van der Waals surface area contributed by atoms with Gasteiger partial charge in [-0.2, -0.15) is 5.10 Å². The van der Waals surface area contributed by atoms with E-state index in [1.807, 2.05) is 66.6 Å². The van der Waals surface area contributed by atoms with Gasteiger partial charge in [0.05, 0.1) is 11.9 Å². The lowest BCUT2D eigenvalue weighted by molar-refractivity contribution is 0.207. The van der Waals surface area contributed by atoms with Gasteiger partial charge in [0.15, 0.2) is 0 Å². The number of hydrogen-bond donors (Lipinski definition) is 1. The Bertz CT molecular complexity index is 857. The third kappa shape index (κ3) is 4.51. The van der Waals surface area contributed by atoms with Gasteiger partial charge in [-0.05, 0) is 42.2 Å². The molecule has 0 saturated heterocycles. The van der Waals surface area contributed by atoms with Gasteiger partial charge in [0, 0.05) is 26.3 Å². The van der Waals surface area contributed by atoms with E-state index in [2.05, 4.69) is 29.5 Å². The molecule has 0 aliphatic carbocycles. The molecule has 3 aromatic rings. The number of hydrogen-bond acceptors (Lipinski definition) is 2. The molecule has 0 saturated carbocycles. The molecule has 134 valence electrons. The predicted octanol–water partition coefficient (Wildman–Crippen LogP) is 3.56. The fourth-order valence-corrected chi connectivity index (χ4v) is 2.77. The quantitative estimate of drug-likeness (QED) is 0.740. The highest BCUT2D eigenvalue weighted by molar-refractivity contribution is 5.73. The van der Waals surface area contributed by atoms with Gasteiger partial charge in [-0.3, -0.25) is 0 Å². The van der Waals surface area contributed by atoms with E-state index in [1.165, 1.54) is 5.56 Å². The standard InChI is InChI=1S/C21H24N4O/c1-17-8-6-7-9-19(17)16-24(2)21(26)22-13-12-18-14-23-25(15-18)20-10-4-3-5-11-20/h3-11,14-15H,12-13,16H2,1-2H3,(H,22,26). The summed E-state index contributed by atoms with van der Waals surface area (Å²) in [5.41, 5.74) is 4.48. The van der Waals surface area contributed by atoms with Crippen LogP contribution in [0.5, 0.6) is 0 Å². The molecule has 0 unspecified atom stereocenters. The Labute approximate surface area is 154 Å². The third-order valence-electron chi connectivity index (χ3n) is 4.36. The Morgan fingerprint density at radius 3 is 2.62 bits per heavy atom. The van der Waals surface area contributed by atoms with Crippen molar-refractivity contribution in [2.45, 2.75) is 19.9 Å². The maximum absolute atomic E-state index is 12.3. The van der Waals surface area contributed by atoms with Crippen LogP contribution < -0.4 is 5.32 Å². The van der Waals surface area contributed by atoms with Crippen LogP contribution in [-0.4, -0.2) is 34.3 Å². The topological polar surface area (TPSA) is 50.2 Å². The van der Waals surface area contributed by atoms with Crippen LogP contribution in [0.25, 0.3) is 5.69 Å². The van der Waals surface area contributed by atoms with Crippen LogP contribution >= 0.6 is 0 Å². The summed E-state index contributed by atoms with van der Waals surface area (Å²) in [4.78, 5) is 14.0. The van der Waals surface area contributed by atoms with E-state index < -0.39 is 0 Å². The van der Waals surface area contributed by atoms with Crippen molar-refractivity contribution in [1.29, 1.82) is 0 Å². The third-order valence-corrected chi connectivity index (χ3v) is 4.36. The first-order valence-electron chi connectivity index (χ1n) is 8.76. The van der Waals surface area contributed by atoms with Crippen molar-refractivity contribution in [3.63, 3.8) is 0 Å². The van der Waals surface area contributed by atoms with Crippen LogP contribution in [0.2, 0.25) is 0 Å². The first-order chi connectivity index (χ1) is 12.6. The Morgan fingerprint density at radius 1 is 1.12 bits per heavy atom. The van der Waals surface area contributed by atoms with Crippen LogP contribution in [0.3, 0.4) is 0 Å². The van der Waals surface area contributed by atoms with Crippen LogP contribution in [0.1, 0.15) is 16.7 Å². The van der Waals surface area contributed by atoms with Crippen molar-refractivity contribution in [1.82, 2.24) is 20.0 Å². The van der Waals surface area contributed by atoms with E-state index in [4.69, 9.17) is 0 Å². The molecule has 26 heavy (non-hydrogen) atoms. The molecular weight excluding hydrogens is 324 g/mol. The van der Waals surface area contributed by atoms with Crippen molar-refractivity contribution < 1.29 is 4.79 Å². The fraction of sp³-hybridized carbons (Fsp3) is 0.238. The lowest BCUT2D eigenvalue weighted by atomic mass is 10.1. The number of carbonyl (C=O) groups is 1. The molecule has 1 aromatic heterocycles. The maximum Gasteiger partial charge on any atom is 0.317 e. The number of nitrogens with one attached hydrogen (secondary N) is 1. The molecule has 0 aliphatic heterocycles. The second-order valence-electron chi connectivity index (χ2n) is 6.39. The van der Waals surface area contributed by atoms with E-state index in [9.17, 15) is 4.79 Å². The van der Waals surface area contributed by atoms with E-state index in [0.29, 0.717) is 13.1 Å². The molecule has 0 aliphatic rings. The van der Waals surface area contributed by atoms with Gasteiger partial charge in [-0.25, -0.2) is 9.48 Å². The van der Waals surface area contributed by atoms with Crippen molar-refractivity contribution in [3.05, 3.63) is 83.7 Å². The highest BCUT2D eigenvalue weighted by Gasteiger charge is 2.10. The summed E-state index contributed by atoms with van der Waals surface area (Å²) in [6.07, 6.45) is 4.59. The molecule has 2 aromatic carbocycles. The molecule has 0 fully saturated rings. The molecule has 0 spiro atoms. The van der Waals surface area contributed by atoms with Crippen molar-refractivity contribution in [3.8, 4) is 5.69 Å². The molecule has 0 atom stereocenters. The minimum absolute atomic E-state index is 0.0660. The minimum Gasteiger partial charge on any atom is -0.338 e. The van der Waals surface area contributed by atoms with Gasteiger partial charge in [-0.1, -0.05) is 42.5 Å². The monoisotopic (exact) mass is 348 g/mol. The van der Waals surface area contributed by atoms with Crippen molar-refractivity contribution in [2.75, 3.05) is 13.6 Å². The summed E-state index contributed by atoms with van der Waals surface area (Å²) in [5, 5.41) is 7.35. The van der Waals surface area contributed by atoms with E-state index >= 15 is 0 Å². The second-order valence-corrected chi connectivity index (χ2v) is 6.39. The number of para-hydroxylation sites is 1. The molecule has 5 nitrogen and oxygen atoms in total. The Morgan fingerprint density at radius 2 is 1.85 bits per heavy atom. The molecule has 3 rings (SSSR count). The van der Waals surface area contributed by atoms with Gasteiger partial charge in [-0.15, -0.1) is 0 Å². The van der Waals surface area contributed by atoms with E-state index in [-0.39, 0.29) is 6.03 Å². The summed E-state index contributed by atoms with van der Waals surface area (Å²) in [5.74, 6) is 0. The Hall–Kier alpha value is -3.08. The fourth-order valence-electron chi connectivity index (χ4n) is 2.77. The van der Waals surface area contributed by atoms with Crippen LogP contribution in [0.4, 0.5) is 4.79 Å². The average Bonchev–Trinajstić information content (AvgIpc) is 3.13. The summed E-state index contributed by atoms with van der Waals surface area (Å²) >= 11 is 0. The predicted molar refractivity (Wildman–Crippen MR) is 103 cm³/mol. The summed E-state index contributed by atoms with van der Waals surface area (Å²) in [6, 6.07) is 18.0. The zero-order valence-electron chi connectivity index (χ0n) is 15.2. The van der Waals surface area contributed by atoms with Crippen LogP contribution in [-0.2, 0) is 13.0 Å². The highest BCUT2D eigenvalue weighted by Crippen LogP contribution is 2.10. The van der Waals surface area contributed by atoms with Gasteiger partial charge in [0.25, 0.3) is 0 Å². The Balaban J connectivity index is 1.48. The largest absolute Gasteiger partial charge is 0.338 e. The summed E-state index contributed by atoms with van der Waals surface area (Å²) < 4.78 is 1.85. The first-order valence-corrected chi connectivity index (χ1v) is 8.76. The molecule has 1 N–H and O–H groups in total. The molecule has 1 heterocycles. The summed E-state index contributed by atoms with van der Waals surface area (Å²) in [7, 11) is 1.81. The summed E-state index contributed by atoms with van der Waals surface area (Å²) in [6.45, 7) is 3.24. The normalized spacial score (nSPS) is 10.5. The molecule has 0 bridgehead atoms. The SMILES string of the molecule is Cc1ccccc1CN(C)C(=O)NCCc1cnn(-c2ccccc2)c1. The lowest BCUT2D eigenvalue weighted by Gasteiger charge is -2.19. The number of amides is 2. The number of rotatable bonds is 6. The zero-order chi connectivity index (χ0) is 18.4. The van der Waals surface area contributed by atoms with Gasteiger partial charge >= 0.3 is 6.03 Å². The number of nitrogens with zero attached hydrogens (tertiary/aromatic N) is 3. The number of aromatic nitrogens is 2. The van der Waals surface area contributed by atoms with Gasteiger partial charge < -0.3 is 10.2 Å². The second kappa shape index (κ2) is 8.34. The number of benzene rings is 2. The average molecular weight is 348 g/mol. The smallest absolute Gasteiger partial charge is 0.317 e. The number of carbonyl (C=O) groups excluding carboxylic acids is 1. The molecule has 5 heteroatoms. The molecular formula is C21H24N4O. The number of aryl methyl sites for hydroxylation is 1. The van der Waals surface area contributed by atoms with Crippen molar-refractivity contribution >= 4 is 6.03 Å². The number of urea groups is 1. The zero-order valence-corrected chi connectivity index (χ0v) is 15.2. The van der Waals surface area contributed by atoms with E-state index in [1.54, 1.807) is 4.90 Å². The highest BCUT2D eigenvalue weighted by atomic mass is 16.2. The van der Waals surface area contributed by atoms with Gasteiger partial charge in [0.1, 0.15) is 0 Å².